The lowest BCUT2D eigenvalue weighted by Crippen LogP contribution is -2.04. The number of fused-ring (bicyclic) bond motifs is 1. The zero-order valence-electron chi connectivity index (χ0n) is 7.74. The molecule has 0 radical (unpaired) electrons. The van der Waals surface area contributed by atoms with Crippen molar-refractivity contribution in [1.82, 2.24) is 4.98 Å². The van der Waals surface area contributed by atoms with Gasteiger partial charge in [-0.25, -0.2) is 0 Å². The second-order valence-corrected chi connectivity index (χ2v) is 3.72. The first-order chi connectivity index (χ1) is 6.89. The first-order valence-corrected chi connectivity index (χ1v) is 4.62. The summed E-state index contributed by atoms with van der Waals surface area (Å²) in [5.41, 5.74) is 0.322. The smallest absolute Gasteiger partial charge is 0.351 e. The molecule has 80 valence electrons. The molecule has 0 amide bonds. The average Bonchev–Trinajstić information content (AvgIpc) is 2.55. The van der Waals surface area contributed by atoms with E-state index >= 15 is 0 Å². The predicted molar refractivity (Wildman–Crippen MR) is 53.0 cm³/mol. The minimum absolute atomic E-state index is 0.440. The van der Waals surface area contributed by atoms with Crippen LogP contribution in [-0.4, -0.2) is 4.98 Å². The van der Waals surface area contributed by atoms with E-state index in [4.69, 9.17) is 11.6 Å². The second kappa shape index (κ2) is 3.17. The van der Waals surface area contributed by atoms with Crippen LogP contribution < -0.4 is 0 Å². The number of aromatic nitrogens is 1. The number of hydrogen-bond acceptors (Lipinski definition) is 0. The van der Waals surface area contributed by atoms with E-state index in [-0.39, 0.29) is 0 Å². The topological polar surface area (TPSA) is 15.8 Å². The maximum absolute atomic E-state index is 12.4. The Kier molecular flexibility index (Phi) is 2.19. The monoisotopic (exact) mass is 233 g/mol. The van der Waals surface area contributed by atoms with Gasteiger partial charge in [-0.2, -0.15) is 13.2 Å². The van der Waals surface area contributed by atoms with Gasteiger partial charge in [0, 0.05) is 10.4 Å². The number of alkyl halides is 3. The first kappa shape index (κ1) is 10.4. The average molecular weight is 234 g/mol. The van der Waals surface area contributed by atoms with E-state index in [0.717, 1.165) is 6.07 Å². The van der Waals surface area contributed by atoms with Gasteiger partial charge in [0.25, 0.3) is 0 Å². The lowest BCUT2D eigenvalue weighted by atomic mass is 10.2. The van der Waals surface area contributed by atoms with Gasteiger partial charge in [0.1, 0.15) is 5.69 Å². The van der Waals surface area contributed by atoms with E-state index in [1.54, 1.807) is 19.1 Å². The second-order valence-electron chi connectivity index (χ2n) is 3.32. The Morgan fingerprint density at radius 1 is 1.27 bits per heavy atom. The summed E-state index contributed by atoms with van der Waals surface area (Å²) in [4.78, 5) is 2.34. The van der Waals surface area contributed by atoms with Crippen molar-refractivity contribution < 1.29 is 13.2 Å². The SMILES string of the molecule is Cc1c(Cl)ccc2cc(C(F)(F)F)[nH]c12. The van der Waals surface area contributed by atoms with Crippen molar-refractivity contribution in [3.05, 3.63) is 34.5 Å². The van der Waals surface area contributed by atoms with Crippen molar-refractivity contribution in [2.24, 2.45) is 0 Å². The molecule has 1 aromatic heterocycles. The third-order valence-electron chi connectivity index (χ3n) is 2.30. The van der Waals surface area contributed by atoms with Crippen molar-refractivity contribution in [2.45, 2.75) is 13.1 Å². The maximum Gasteiger partial charge on any atom is 0.431 e. The van der Waals surface area contributed by atoms with Crippen molar-refractivity contribution in [1.29, 1.82) is 0 Å². The largest absolute Gasteiger partial charge is 0.431 e. The van der Waals surface area contributed by atoms with Gasteiger partial charge in [0.2, 0.25) is 0 Å². The van der Waals surface area contributed by atoms with Crippen molar-refractivity contribution in [3.63, 3.8) is 0 Å². The summed E-state index contributed by atoms with van der Waals surface area (Å²) < 4.78 is 37.2. The zero-order valence-corrected chi connectivity index (χ0v) is 8.50. The van der Waals surface area contributed by atoms with Gasteiger partial charge in [-0.1, -0.05) is 17.7 Å². The Bertz CT molecular complexity index is 513. The van der Waals surface area contributed by atoms with Crippen LogP contribution in [-0.2, 0) is 6.18 Å². The van der Waals surface area contributed by atoms with Crippen molar-refractivity contribution >= 4 is 22.5 Å². The molecule has 0 aliphatic carbocycles. The lowest BCUT2D eigenvalue weighted by molar-refractivity contribution is -0.140. The van der Waals surface area contributed by atoms with E-state index in [2.05, 4.69) is 4.98 Å². The summed E-state index contributed by atoms with van der Waals surface area (Å²) >= 11 is 5.81. The van der Waals surface area contributed by atoms with Crippen LogP contribution in [0.15, 0.2) is 18.2 Å². The minimum Gasteiger partial charge on any atom is -0.351 e. The van der Waals surface area contributed by atoms with Crippen molar-refractivity contribution in [3.8, 4) is 0 Å². The number of H-pyrrole nitrogens is 1. The highest BCUT2D eigenvalue weighted by Crippen LogP contribution is 2.33. The normalized spacial score (nSPS) is 12.3. The Morgan fingerprint density at radius 3 is 2.53 bits per heavy atom. The molecule has 0 fully saturated rings. The molecule has 0 bridgehead atoms. The molecule has 0 saturated carbocycles. The van der Waals surface area contributed by atoms with Crippen LogP contribution in [0.1, 0.15) is 11.3 Å². The van der Waals surface area contributed by atoms with Gasteiger partial charge in [-0.3, -0.25) is 0 Å². The van der Waals surface area contributed by atoms with E-state index in [1.165, 1.54) is 0 Å². The summed E-state index contributed by atoms with van der Waals surface area (Å²) in [6.45, 7) is 1.68. The van der Waals surface area contributed by atoms with E-state index in [0.29, 0.717) is 21.5 Å². The summed E-state index contributed by atoms with van der Waals surface area (Å²) in [5.74, 6) is 0. The van der Waals surface area contributed by atoms with Gasteiger partial charge in [0.05, 0.1) is 5.52 Å². The van der Waals surface area contributed by atoms with Gasteiger partial charge < -0.3 is 4.98 Å². The first-order valence-electron chi connectivity index (χ1n) is 4.24. The van der Waals surface area contributed by atoms with Crippen LogP contribution >= 0.6 is 11.6 Å². The molecule has 15 heavy (non-hydrogen) atoms. The number of aryl methyl sites for hydroxylation is 1. The summed E-state index contributed by atoms with van der Waals surface area (Å²) in [6.07, 6.45) is -4.35. The van der Waals surface area contributed by atoms with Crippen LogP contribution in [0.2, 0.25) is 5.02 Å². The molecule has 1 N–H and O–H groups in total. The highest BCUT2D eigenvalue weighted by Gasteiger charge is 2.32. The van der Waals surface area contributed by atoms with Gasteiger partial charge in [0.15, 0.2) is 0 Å². The zero-order chi connectivity index (χ0) is 11.2. The molecule has 0 aliphatic rings. The summed E-state index contributed by atoms with van der Waals surface area (Å²) in [5, 5.41) is 0.974. The molecule has 1 aromatic carbocycles. The Labute approximate surface area is 88.9 Å². The Balaban J connectivity index is 2.72. The summed E-state index contributed by atoms with van der Waals surface area (Å²) in [6, 6.07) is 4.24. The lowest BCUT2D eigenvalue weighted by Gasteiger charge is -2.01. The Hall–Kier alpha value is -1.16. The molecule has 1 heterocycles. The quantitative estimate of drug-likeness (QED) is 0.704. The fraction of sp³-hybridized carbons (Fsp3) is 0.200. The van der Waals surface area contributed by atoms with Gasteiger partial charge in [-0.05, 0) is 24.6 Å². The van der Waals surface area contributed by atoms with Crippen LogP contribution in [0.5, 0.6) is 0 Å². The molecule has 0 spiro atoms. The molecule has 0 aliphatic heterocycles. The molecule has 0 atom stereocenters. The minimum atomic E-state index is -4.35. The van der Waals surface area contributed by atoms with Gasteiger partial charge >= 0.3 is 6.18 Å². The van der Waals surface area contributed by atoms with E-state index < -0.39 is 11.9 Å². The fourth-order valence-corrected chi connectivity index (χ4v) is 1.63. The standard InChI is InChI=1S/C10H7ClF3N/c1-5-7(11)3-2-6-4-8(10(12,13)14)15-9(5)6/h2-4,15H,1H3. The van der Waals surface area contributed by atoms with Crippen LogP contribution in [0.3, 0.4) is 0 Å². The molecule has 2 aromatic rings. The van der Waals surface area contributed by atoms with E-state index in [9.17, 15) is 13.2 Å². The Morgan fingerprint density at radius 2 is 1.93 bits per heavy atom. The fourth-order valence-electron chi connectivity index (χ4n) is 1.47. The number of halogens is 4. The third-order valence-corrected chi connectivity index (χ3v) is 2.71. The molecule has 0 saturated heterocycles. The predicted octanol–water partition coefficient (Wildman–Crippen LogP) is 4.15. The highest BCUT2D eigenvalue weighted by atomic mass is 35.5. The number of nitrogens with one attached hydrogen (secondary N) is 1. The number of hydrogen-bond donors (Lipinski definition) is 1. The van der Waals surface area contributed by atoms with E-state index in [1.807, 2.05) is 0 Å². The molecular formula is C10H7ClF3N. The van der Waals surface area contributed by atoms with Crippen molar-refractivity contribution in [2.75, 3.05) is 0 Å². The molecule has 0 unspecified atom stereocenters. The third kappa shape index (κ3) is 1.69. The highest BCUT2D eigenvalue weighted by molar-refractivity contribution is 6.32. The van der Waals surface area contributed by atoms with Crippen LogP contribution in [0.4, 0.5) is 13.2 Å². The number of rotatable bonds is 0. The molecule has 2 rings (SSSR count). The van der Waals surface area contributed by atoms with Gasteiger partial charge in [-0.15, -0.1) is 0 Å². The molecular weight excluding hydrogens is 227 g/mol. The maximum atomic E-state index is 12.4. The number of benzene rings is 1. The van der Waals surface area contributed by atoms with Crippen LogP contribution in [0.25, 0.3) is 10.9 Å². The summed E-state index contributed by atoms with van der Waals surface area (Å²) in [7, 11) is 0. The molecule has 5 heteroatoms. The van der Waals surface area contributed by atoms with Crippen LogP contribution in [0, 0.1) is 6.92 Å². The molecule has 1 nitrogen and oxygen atoms in total. The number of aromatic amines is 1.